The Balaban J connectivity index is 1.82. The van der Waals surface area contributed by atoms with Crippen LogP contribution in [0.4, 0.5) is 5.69 Å². The maximum absolute atomic E-state index is 14.8. The average Bonchev–Trinajstić information content (AvgIpc) is 3.51. The Bertz CT molecular complexity index is 1210. The van der Waals surface area contributed by atoms with E-state index in [4.69, 9.17) is 4.74 Å². The fourth-order valence-electron chi connectivity index (χ4n) is 7.74. The highest BCUT2D eigenvalue weighted by Gasteiger charge is 2.77. The SMILES string of the molecule is C=CCN(C(=O)[C@H]1[C@H]2C(=O)N([C@H](C)CO)C(C(=O)N(CC=C)C(C)(C)CC(C)(C)C)C23CC(Br)[C@@H]1O3)c1ccccc1. The summed E-state index contributed by atoms with van der Waals surface area (Å²) in [6.07, 6.45) is 3.89. The fraction of sp³-hybridized carbons (Fsp3) is 0.606. The molecule has 7 atom stereocenters. The number of fused-ring (bicyclic) bond motifs is 1. The highest BCUT2D eigenvalue weighted by molar-refractivity contribution is 9.09. The smallest absolute Gasteiger partial charge is 0.249 e. The molecule has 9 heteroatoms. The van der Waals surface area contributed by atoms with Crippen LogP contribution >= 0.6 is 15.9 Å². The van der Waals surface area contributed by atoms with Gasteiger partial charge in [0.05, 0.1) is 30.6 Å². The largest absolute Gasteiger partial charge is 0.394 e. The van der Waals surface area contributed by atoms with E-state index in [0.717, 1.165) is 0 Å². The number of amides is 3. The molecule has 3 aliphatic heterocycles. The number of hydrogen-bond donors (Lipinski definition) is 1. The number of alkyl halides is 1. The van der Waals surface area contributed by atoms with Gasteiger partial charge in [0.1, 0.15) is 11.6 Å². The molecular formula is C33H46BrN3O5. The van der Waals surface area contributed by atoms with Gasteiger partial charge in [0.25, 0.3) is 0 Å². The molecule has 1 aromatic carbocycles. The monoisotopic (exact) mass is 643 g/mol. The van der Waals surface area contributed by atoms with Crippen molar-refractivity contribution in [2.45, 2.75) is 88.5 Å². The van der Waals surface area contributed by atoms with Crippen LogP contribution in [0.15, 0.2) is 55.6 Å². The second-order valence-corrected chi connectivity index (χ2v) is 15.0. The first-order valence-electron chi connectivity index (χ1n) is 14.8. The predicted octanol–water partition coefficient (Wildman–Crippen LogP) is 4.56. The lowest BCUT2D eigenvalue weighted by Crippen LogP contribution is -2.62. The Morgan fingerprint density at radius 2 is 1.76 bits per heavy atom. The van der Waals surface area contributed by atoms with E-state index < -0.39 is 41.2 Å². The van der Waals surface area contributed by atoms with Crippen molar-refractivity contribution in [1.82, 2.24) is 9.80 Å². The van der Waals surface area contributed by atoms with E-state index in [1.54, 1.807) is 28.9 Å². The van der Waals surface area contributed by atoms with Crippen LogP contribution in [0.1, 0.15) is 54.4 Å². The number of likely N-dealkylation sites (tertiary alicyclic amines) is 1. The number of aliphatic hydroxyl groups is 1. The Hall–Kier alpha value is -2.49. The van der Waals surface area contributed by atoms with Crippen LogP contribution in [0.5, 0.6) is 0 Å². The zero-order valence-corrected chi connectivity index (χ0v) is 27.3. The van der Waals surface area contributed by atoms with E-state index in [0.29, 0.717) is 25.1 Å². The summed E-state index contributed by atoms with van der Waals surface area (Å²) >= 11 is 3.76. The Kier molecular flexibility index (Phi) is 9.18. The van der Waals surface area contributed by atoms with Crippen LogP contribution in [-0.2, 0) is 19.1 Å². The topological polar surface area (TPSA) is 90.4 Å². The van der Waals surface area contributed by atoms with E-state index in [-0.39, 0.29) is 41.1 Å². The highest BCUT2D eigenvalue weighted by atomic mass is 79.9. The van der Waals surface area contributed by atoms with Gasteiger partial charge in [-0.05, 0) is 51.2 Å². The molecule has 4 rings (SSSR count). The molecule has 3 saturated heterocycles. The van der Waals surface area contributed by atoms with Crippen molar-refractivity contribution in [3.05, 3.63) is 55.6 Å². The number of hydrogen-bond acceptors (Lipinski definition) is 5. The zero-order chi connectivity index (χ0) is 31.2. The number of ether oxygens (including phenoxy) is 1. The third-order valence-electron chi connectivity index (χ3n) is 8.90. The van der Waals surface area contributed by atoms with Gasteiger partial charge in [-0.1, -0.05) is 67.1 Å². The molecule has 3 fully saturated rings. The van der Waals surface area contributed by atoms with Gasteiger partial charge in [0.15, 0.2) is 0 Å². The molecule has 3 amide bonds. The minimum Gasteiger partial charge on any atom is -0.394 e. The summed E-state index contributed by atoms with van der Waals surface area (Å²) in [5.41, 5.74) is -1.15. The molecule has 0 radical (unpaired) electrons. The summed E-state index contributed by atoms with van der Waals surface area (Å²) < 4.78 is 6.73. The third kappa shape index (κ3) is 5.48. The number of halogens is 1. The molecule has 1 N–H and O–H groups in total. The van der Waals surface area contributed by atoms with E-state index in [1.165, 1.54) is 4.90 Å². The fourth-order valence-corrected chi connectivity index (χ4v) is 8.68. The average molecular weight is 645 g/mol. The third-order valence-corrected chi connectivity index (χ3v) is 9.75. The van der Waals surface area contributed by atoms with Crippen molar-refractivity contribution in [1.29, 1.82) is 0 Å². The quantitative estimate of drug-likeness (QED) is 0.282. The van der Waals surface area contributed by atoms with Gasteiger partial charge in [-0.3, -0.25) is 14.4 Å². The number of benzene rings is 1. The molecular weight excluding hydrogens is 598 g/mol. The molecule has 230 valence electrons. The Labute approximate surface area is 258 Å². The number of para-hydroxylation sites is 1. The number of rotatable bonds is 11. The molecule has 0 aliphatic carbocycles. The van der Waals surface area contributed by atoms with Crippen LogP contribution in [-0.4, -0.2) is 86.5 Å². The van der Waals surface area contributed by atoms with Gasteiger partial charge in [-0.2, -0.15) is 0 Å². The maximum atomic E-state index is 14.8. The van der Waals surface area contributed by atoms with Crippen molar-refractivity contribution >= 4 is 39.3 Å². The number of carbonyl (C=O) groups excluding carboxylic acids is 3. The summed E-state index contributed by atoms with van der Waals surface area (Å²) in [6.45, 7) is 20.2. The first-order valence-corrected chi connectivity index (χ1v) is 15.7. The van der Waals surface area contributed by atoms with Crippen molar-refractivity contribution in [2.24, 2.45) is 17.3 Å². The Morgan fingerprint density at radius 1 is 1.14 bits per heavy atom. The summed E-state index contributed by atoms with van der Waals surface area (Å²) in [5, 5.41) is 10.3. The van der Waals surface area contributed by atoms with Gasteiger partial charge >= 0.3 is 0 Å². The number of aliphatic hydroxyl groups excluding tert-OH is 1. The van der Waals surface area contributed by atoms with Gasteiger partial charge in [-0.15, -0.1) is 13.2 Å². The van der Waals surface area contributed by atoms with Crippen LogP contribution in [0.3, 0.4) is 0 Å². The molecule has 0 aromatic heterocycles. The molecule has 8 nitrogen and oxygen atoms in total. The zero-order valence-electron chi connectivity index (χ0n) is 25.8. The van der Waals surface area contributed by atoms with Crippen LogP contribution in [0.25, 0.3) is 0 Å². The maximum Gasteiger partial charge on any atom is 0.249 e. The lowest BCUT2D eigenvalue weighted by atomic mass is 9.70. The van der Waals surface area contributed by atoms with E-state index in [2.05, 4.69) is 49.9 Å². The number of nitrogens with zero attached hydrogens (tertiary/aromatic N) is 3. The second-order valence-electron chi connectivity index (χ2n) is 13.8. The lowest BCUT2D eigenvalue weighted by molar-refractivity contribution is -0.155. The summed E-state index contributed by atoms with van der Waals surface area (Å²) in [6, 6.07) is 7.66. The first kappa shape index (κ1) is 32.4. The number of carbonyl (C=O) groups is 3. The van der Waals surface area contributed by atoms with Gasteiger partial charge in [0, 0.05) is 29.1 Å². The van der Waals surface area contributed by atoms with Gasteiger partial charge in [0.2, 0.25) is 17.7 Å². The predicted molar refractivity (Wildman–Crippen MR) is 168 cm³/mol. The standard InChI is InChI=1S/C33H46BrN3O5/c1-9-16-35(22-14-12-11-13-15-22)28(39)24-25-29(40)37(21(3)19-38)27(33(25)18-23(34)26(24)42-33)30(41)36(17-10-2)32(7,8)20-31(4,5)6/h9-15,21,23-27,38H,1-2,16-20H2,3-8H3/t21-,23?,24+,25+,26+,27?,33?/m1/s1. The van der Waals surface area contributed by atoms with Crippen molar-refractivity contribution in [3.63, 3.8) is 0 Å². The van der Waals surface area contributed by atoms with E-state index >= 15 is 0 Å². The minimum absolute atomic E-state index is 0.0690. The summed E-state index contributed by atoms with van der Waals surface area (Å²) in [5.74, 6) is -2.48. The first-order chi connectivity index (χ1) is 19.6. The molecule has 0 saturated carbocycles. The van der Waals surface area contributed by atoms with Crippen LogP contribution < -0.4 is 4.90 Å². The van der Waals surface area contributed by atoms with Crippen LogP contribution in [0.2, 0.25) is 0 Å². The number of anilines is 1. The van der Waals surface area contributed by atoms with Gasteiger partial charge in [-0.25, -0.2) is 0 Å². The minimum atomic E-state index is -1.22. The van der Waals surface area contributed by atoms with E-state index in [9.17, 15) is 19.5 Å². The lowest BCUT2D eigenvalue weighted by Gasteiger charge is -2.46. The summed E-state index contributed by atoms with van der Waals surface area (Å²) in [7, 11) is 0. The van der Waals surface area contributed by atoms with Crippen molar-refractivity contribution < 1.29 is 24.2 Å². The molecule has 3 unspecified atom stereocenters. The van der Waals surface area contributed by atoms with E-state index in [1.807, 2.05) is 44.2 Å². The molecule has 1 aromatic rings. The van der Waals surface area contributed by atoms with Crippen LogP contribution in [0, 0.1) is 17.3 Å². The molecule has 1 spiro atoms. The van der Waals surface area contributed by atoms with Crippen molar-refractivity contribution in [3.8, 4) is 0 Å². The molecule has 2 bridgehead atoms. The molecule has 3 heterocycles. The summed E-state index contributed by atoms with van der Waals surface area (Å²) in [4.78, 5) is 48.3. The highest BCUT2D eigenvalue weighted by Crippen LogP contribution is 2.61. The Morgan fingerprint density at radius 3 is 2.31 bits per heavy atom. The molecule has 42 heavy (non-hydrogen) atoms. The molecule has 3 aliphatic rings. The van der Waals surface area contributed by atoms with Gasteiger partial charge < -0.3 is 24.5 Å². The second kappa shape index (κ2) is 11.9. The van der Waals surface area contributed by atoms with Crippen molar-refractivity contribution in [2.75, 3.05) is 24.6 Å². The normalized spacial score (nSPS) is 29.3.